The van der Waals surface area contributed by atoms with Crippen LogP contribution in [0.25, 0.3) is 22.6 Å². The predicted octanol–water partition coefficient (Wildman–Crippen LogP) is 6.63. The second-order valence-corrected chi connectivity index (χ2v) is 10.2. The summed E-state index contributed by atoms with van der Waals surface area (Å²) in [5.41, 5.74) is 2.08. The SMILES string of the molecule is CCCC[N+](CCCC)(Cc1ccc(-c2ccc(Cl)cc2)o1)Cc1ccc(-c2ccc(Cl)cc2)o1.[Br-]. The van der Waals surface area contributed by atoms with E-state index in [0.717, 1.165) is 87.7 Å². The maximum Gasteiger partial charge on any atom is 0.159 e. The van der Waals surface area contributed by atoms with Crippen LogP contribution in [0.3, 0.4) is 0 Å². The molecule has 0 saturated heterocycles. The Hall–Kier alpha value is -1.98. The smallest absolute Gasteiger partial charge is 0.159 e. The summed E-state index contributed by atoms with van der Waals surface area (Å²) >= 11 is 12.1. The monoisotopic (exact) mass is 589 g/mol. The van der Waals surface area contributed by atoms with Crippen molar-refractivity contribution in [2.75, 3.05) is 13.1 Å². The number of furan rings is 2. The summed E-state index contributed by atoms with van der Waals surface area (Å²) in [5.74, 6) is 3.77. The number of hydrogen-bond acceptors (Lipinski definition) is 2. The van der Waals surface area contributed by atoms with Crippen molar-refractivity contribution in [1.29, 1.82) is 0 Å². The van der Waals surface area contributed by atoms with Crippen LogP contribution in [0.2, 0.25) is 10.0 Å². The number of nitrogens with zero attached hydrogens (tertiary/aromatic N) is 1. The average molecular weight is 591 g/mol. The van der Waals surface area contributed by atoms with Gasteiger partial charge in [-0.15, -0.1) is 0 Å². The molecule has 2 heterocycles. The summed E-state index contributed by atoms with van der Waals surface area (Å²) in [4.78, 5) is 0. The van der Waals surface area contributed by atoms with Crippen LogP contribution in [-0.2, 0) is 13.1 Å². The van der Waals surface area contributed by atoms with Crippen molar-refractivity contribution in [3.8, 4) is 22.6 Å². The lowest BCUT2D eigenvalue weighted by atomic mass is 10.1. The number of quaternary nitrogens is 1. The van der Waals surface area contributed by atoms with Crippen molar-refractivity contribution in [3.63, 3.8) is 0 Å². The van der Waals surface area contributed by atoms with Gasteiger partial charge in [-0.2, -0.15) is 0 Å². The summed E-state index contributed by atoms with van der Waals surface area (Å²) in [5, 5.41) is 1.46. The van der Waals surface area contributed by atoms with Crippen molar-refractivity contribution >= 4 is 23.2 Å². The van der Waals surface area contributed by atoms with Gasteiger partial charge in [-0.25, -0.2) is 0 Å². The van der Waals surface area contributed by atoms with Crippen molar-refractivity contribution in [2.24, 2.45) is 0 Å². The van der Waals surface area contributed by atoms with Gasteiger partial charge in [0.2, 0.25) is 0 Å². The Morgan fingerprint density at radius 1 is 0.583 bits per heavy atom. The molecule has 0 spiro atoms. The molecule has 0 aliphatic carbocycles. The molecular formula is C30H34BrCl2NO2. The molecule has 0 amide bonds. The topological polar surface area (TPSA) is 26.3 Å². The van der Waals surface area contributed by atoms with E-state index >= 15 is 0 Å². The molecular weight excluding hydrogens is 557 g/mol. The second-order valence-electron chi connectivity index (χ2n) is 9.36. The molecule has 4 rings (SSSR count). The molecule has 0 radical (unpaired) electrons. The quantitative estimate of drug-likeness (QED) is 0.173. The summed E-state index contributed by atoms with van der Waals surface area (Å²) < 4.78 is 13.6. The number of hydrogen-bond donors (Lipinski definition) is 0. The van der Waals surface area contributed by atoms with Gasteiger partial charge in [0.05, 0.1) is 13.1 Å². The lowest BCUT2D eigenvalue weighted by Gasteiger charge is -2.37. The van der Waals surface area contributed by atoms with Crippen LogP contribution in [0.1, 0.15) is 51.1 Å². The fraction of sp³-hybridized carbons (Fsp3) is 0.333. The zero-order chi connectivity index (χ0) is 24.7. The van der Waals surface area contributed by atoms with Crippen LogP contribution in [0.5, 0.6) is 0 Å². The largest absolute Gasteiger partial charge is 1.00 e. The molecule has 2 aromatic heterocycles. The van der Waals surface area contributed by atoms with Gasteiger partial charge in [0.1, 0.15) is 24.6 Å². The van der Waals surface area contributed by atoms with Gasteiger partial charge in [0.15, 0.2) is 11.5 Å². The van der Waals surface area contributed by atoms with E-state index in [1.807, 2.05) is 48.5 Å². The second kappa shape index (κ2) is 13.5. The molecule has 0 aliphatic heterocycles. The van der Waals surface area contributed by atoms with E-state index in [0.29, 0.717) is 0 Å². The fourth-order valence-corrected chi connectivity index (χ4v) is 4.85. The first-order valence-electron chi connectivity index (χ1n) is 12.5. The molecule has 0 N–H and O–H groups in total. The molecule has 0 fully saturated rings. The minimum absolute atomic E-state index is 0. The number of unbranched alkanes of at least 4 members (excludes halogenated alkanes) is 2. The van der Waals surface area contributed by atoms with Crippen LogP contribution >= 0.6 is 23.2 Å². The first-order chi connectivity index (χ1) is 17.0. The van der Waals surface area contributed by atoms with Gasteiger partial charge < -0.3 is 30.3 Å². The van der Waals surface area contributed by atoms with Gasteiger partial charge >= 0.3 is 0 Å². The lowest BCUT2D eigenvalue weighted by Crippen LogP contribution is -3.00. The third kappa shape index (κ3) is 7.52. The van der Waals surface area contributed by atoms with Crippen molar-refractivity contribution in [2.45, 2.75) is 52.6 Å². The number of halogens is 3. The number of benzene rings is 2. The Morgan fingerprint density at radius 2 is 0.972 bits per heavy atom. The normalized spacial score (nSPS) is 11.4. The van der Waals surface area contributed by atoms with Crippen LogP contribution < -0.4 is 17.0 Å². The molecule has 36 heavy (non-hydrogen) atoms. The minimum atomic E-state index is 0. The molecule has 0 saturated carbocycles. The number of rotatable bonds is 12. The van der Waals surface area contributed by atoms with Crippen molar-refractivity contribution < 1.29 is 30.3 Å². The average Bonchev–Trinajstić information content (AvgIpc) is 3.52. The van der Waals surface area contributed by atoms with E-state index in [1.165, 1.54) is 12.8 Å². The molecule has 0 atom stereocenters. The van der Waals surface area contributed by atoms with E-state index < -0.39 is 0 Å². The van der Waals surface area contributed by atoms with Crippen molar-refractivity contribution in [3.05, 3.63) is 94.4 Å². The third-order valence-electron chi connectivity index (χ3n) is 6.54. The Labute approximate surface area is 235 Å². The summed E-state index contributed by atoms with van der Waals surface area (Å²) in [6.45, 7) is 8.36. The van der Waals surface area contributed by atoms with E-state index in [1.54, 1.807) is 0 Å². The summed E-state index contributed by atoms with van der Waals surface area (Å²) in [6, 6.07) is 24.0. The molecule has 0 aliphatic rings. The fourth-order valence-electron chi connectivity index (χ4n) is 4.60. The highest BCUT2D eigenvalue weighted by Gasteiger charge is 2.30. The molecule has 6 heteroatoms. The molecule has 4 aromatic rings. The van der Waals surface area contributed by atoms with Gasteiger partial charge in [-0.05, 0) is 85.6 Å². The van der Waals surface area contributed by atoms with Gasteiger partial charge in [-0.1, -0.05) is 49.9 Å². The molecule has 192 valence electrons. The Bertz CT molecular complexity index is 1100. The maximum atomic E-state index is 6.35. The zero-order valence-corrected chi connectivity index (χ0v) is 24.1. The molecule has 2 aromatic carbocycles. The summed E-state index contributed by atoms with van der Waals surface area (Å²) in [7, 11) is 0. The van der Waals surface area contributed by atoms with E-state index in [4.69, 9.17) is 32.0 Å². The third-order valence-corrected chi connectivity index (χ3v) is 7.04. The molecule has 0 unspecified atom stereocenters. The van der Waals surface area contributed by atoms with Crippen molar-refractivity contribution in [1.82, 2.24) is 0 Å². The zero-order valence-electron chi connectivity index (χ0n) is 21.0. The Morgan fingerprint density at radius 3 is 1.33 bits per heavy atom. The lowest BCUT2D eigenvalue weighted by molar-refractivity contribution is -0.955. The highest BCUT2D eigenvalue weighted by Crippen LogP contribution is 2.30. The van der Waals surface area contributed by atoms with E-state index in [-0.39, 0.29) is 17.0 Å². The van der Waals surface area contributed by atoms with Gasteiger partial charge in [0.25, 0.3) is 0 Å². The van der Waals surface area contributed by atoms with E-state index in [9.17, 15) is 0 Å². The van der Waals surface area contributed by atoms with Gasteiger partial charge in [-0.3, -0.25) is 0 Å². The highest BCUT2D eigenvalue weighted by molar-refractivity contribution is 6.30. The summed E-state index contributed by atoms with van der Waals surface area (Å²) in [6.07, 6.45) is 4.65. The minimum Gasteiger partial charge on any atom is -1.00 e. The van der Waals surface area contributed by atoms with Crippen LogP contribution in [0, 0.1) is 0 Å². The van der Waals surface area contributed by atoms with Crippen LogP contribution in [0.4, 0.5) is 0 Å². The Balaban J connectivity index is 0.00000361. The maximum absolute atomic E-state index is 6.35. The molecule has 0 bridgehead atoms. The molecule has 3 nitrogen and oxygen atoms in total. The first kappa shape index (κ1) is 28.6. The van der Waals surface area contributed by atoms with Gasteiger partial charge in [0, 0.05) is 21.2 Å². The van der Waals surface area contributed by atoms with Crippen LogP contribution in [-0.4, -0.2) is 17.6 Å². The Kier molecular flexibility index (Phi) is 10.7. The highest BCUT2D eigenvalue weighted by atomic mass is 79.9. The predicted molar refractivity (Wildman–Crippen MR) is 146 cm³/mol. The van der Waals surface area contributed by atoms with Crippen LogP contribution in [0.15, 0.2) is 81.6 Å². The van der Waals surface area contributed by atoms with E-state index in [2.05, 4.69) is 38.1 Å². The standard InChI is InChI=1S/C30H34Cl2NO2.BrH/c1-3-5-19-33(20-6-4-2,21-27-15-17-29(34-27)23-7-11-25(31)12-8-23)22-28-16-18-30(35-28)24-9-13-26(32)14-10-24;/h7-18H,3-6,19-22H2,1-2H3;1H/q+1;/p-1. The first-order valence-corrected chi connectivity index (χ1v) is 13.3.